The standard InChI is InChI=1S/C16H32O2.C10H23NO2/c1-3-4-5-6-7-8-9-10-11-12-13-14-15(2)16(17)18;1-9(2)7-10(13-6,8-12-5)11(3)4/h15H,3-14H2,1-2H3,(H,17,18);9H,7-8H2,1-6H3. The van der Waals surface area contributed by atoms with Crippen LogP contribution in [0.2, 0.25) is 0 Å². The molecule has 0 radical (unpaired) electrons. The second kappa shape index (κ2) is 21.2. The van der Waals surface area contributed by atoms with Gasteiger partial charge in [0.1, 0.15) is 5.72 Å². The number of aliphatic carboxylic acids is 1. The smallest absolute Gasteiger partial charge is 0.306 e. The summed E-state index contributed by atoms with van der Waals surface area (Å²) in [6.07, 6.45) is 16.4. The van der Waals surface area contributed by atoms with Gasteiger partial charge in [0.25, 0.3) is 0 Å². The maximum Gasteiger partial charge on any atom is 0.306 e. The van der Waals surface area contributed by atoms with E-state index in [0.717, 1.165) is 19.3 Å². The van der Waals surface area contributed by atoms with Crippen LogP contribution in [0.5, 0.6) is 0 Å². The van der Waals surface area contributed by atoms with E-state index < -0.39 is 5.97 Å². The second-order valence-corrected chi connectivity index (χ2v) is 9.64. The van der Waals surface area contributed by atoms with Crippen LogP contribution in [0.25, 0.3) is 0 Å². The van der Waals surface area contributed by atoms with Crippen LogP contribution in [-0.4, -0.2) is 56.6 Å². The highest BCUT2D eigenvalue weighted by Crippen LogP contribution is 2.23. The third-order valence-corrected chi connectivity index (χ3v) is 5.95. The van der Waals surface area contributed by atoms with Gasteiger partial charge in [0.15, 0.2) is 0 Å². The Morgan fingerprint density at radius 1 is 0.871 bits per heavy atom. The van der Waals surface area contributed by atoms with Gasteiger partial charge in [-0.15, -0.1) is 0 Å². The Morgan fingerprint density at radius 2 is 1.32 bits per heavy atom. The van der Waals surface area contributed by atoms with Crippen molar-refractivity contribution in [1.29, 1.82) is 0 Å². The number of hydrogen-bond acceptors (Lipinski definition) is 4. The first kappa shape index (κ1) is 32.5. The van der Waals surface area contributed by atoms with Gasteiger partial charge in [0.2, 0.25) is 0 Å². The van der Waals surface area contributed by atoms with Gasteiger partial charge in [-0.25, -0.2) is 0 Å². The predicted octanol–water partition coefficient (Wildman–Crippen LogP) is 6.99. The topological polar surface area (TPSA) is 59.0 Å². The first-order valence-corrected chi connectivity index (χ1v) is 12.6. The molecule has 1 N–H and O–H groups in total. The quantitative estimate of drug-likeness (QED) is 0.171. The summed E-state index contributed by atoms with van der Waals surface area (Å²) in [5.74, 6) is -0.219. The lowest BCUT2D eigenvalue weighted by molar-refractivity contribution is -0.160. The van der Waals surface area contributed by atoms with Gasteiger partial charge in [-0.2, -0.15) is 0 Å². The summed E-state index contributed by atoms with van der Waals surface area (Å²) in [6.45, 7) is 9.04. The molecule has 0 rings (SSSR count). The van der Waals surface area contributed by atoms with Crippen LogP contribution in [0.3, 0.4) is 0 Å². The number of ether oxygens (including phenoxy) is 2. The van der Waals surface area contributed by atoms with Crippen LogP contribution in [0.4, 0.5) is 0 Å². The molecule has 0 aromatic heterocycles. The van der Waals surface area contributed by atoms with Crippen molar-refractivity contribution in [1.82, 2.24) is 4.90 Å². The number of carboxylic acid groups (broad SMARTS) is 1. The fourth-order valence-electron chi connectivity index (χ4n) is 3.80. The molecule has 31 heavy (non-hydrogen) atoms. The molecule has 0 saturated heterocycles. The van der Waals surface area contributed by atoms with Crippen LogP contribution >= 0.6 is 0 Å². The minimum Gasteiger partial charge on any atom is -0.481 e. The molecule has 0 spiro atoms. The Kier molecular flexibility index (Phi) is 22.3. The van der Waals surface area contributed by atoms with Gasteiger partial charge >= 0.3 is 5.97 Å². The summed E-state index contributed by atoms with van der Waals surface area (Å²) < 4.78 is 10.7. The van der Waals surface area contributed by atoms with Gasteiger partial charge in [-0.05, 0) is 32.9 Å². The predicted molar refractivity (Wildman–Crippen MR) is 133 cm³/mol. The third kappa shape index (κ3) is 18.6. The Hall–Kier alpha value is -0.650. The monoisotopic (exact) mass is 445 g/mol. The summed E-state index contributed by atoms with van der Waals surface area (Å²) in [6, 6.07) is 0. The molecule has 188 valence electrons. The summed E-state index contributed by atoms with van der Waals surface area (Å²) in [4.78, 5) is 12.7. The number of methoxy groups -OCH3 is 2. The Labute approximate surface area is 194 Å². The van der Waals surface area contributed by atoms with Crippen molar-refractivity contribution >= 4 is 5.97 Å². The van der Waals surface area contributed by atoms with E-state index in [1.54, 1.807) is 21.1 Å². The molecule has 5 heteroatoms. The fraction of sp³-hybridized carbons (Fsp3) is 0.962. The minimum absolute atomic E-state index is 0.163. The van der Waals surface area contributed by atoms with Crippen molar-refractivity contribution in [3.63, 3.8) is 0 Å². The number of nitrogens with zero attached hydrogens (tertiary/aromatic N) is 1. The summed E-state index contributed by atoms with van der Waals surface area (Å²) >= 11 is 0. The molecule has 0 aliphatic heterocycles. The van der Waals surface area contributed by atoms with Gasteiger partial charge in [-0.1, -0.05) is 98.3 Å². The van der Waals surface area contributed by atoms with Crippen molar-refractivity contribution < 1.29 is 19.4 Å². The molecular weight excluding hydrogens is 390 g/mol. The molecule has 0 fully saturated rings. The summed E-state index contributed by atoms with van der Waals surface area (Å²) in [5, 5.41) is 8.74. The van der Waals surface area contributed by atoms with Gasteiger partial charge in [0, 0.05) is 14.2 Å². The Morgan fingerprint density at radius 3 is 1.65 bits per heavy atom. The zero-order valence-corrected chi connectivity index (χ0v) is 22.2. The van der Waals surface area contributed by atoms with Crippen LogP contribution in [0.15, 0.2) is 0 Å². The molecule has 0 aliphatic rings. The number of carboxylic acids is 1. The van der Waals surface area contributed by atoms with Crippen LogP contribution < -0.4 is 0 Å². The van der Waals surface area contributed by atoms with E-state index in [2.05, 4.69) is 25.7 Å². The first-order valence-electron chi connectivity index (χ1n) is 12.6. The van der Waals surface area contributed by atoms with E-state index >= 15 is 0 Å². The highest BCUT2D eigenvalue weighted by molar-refractivity contribution is 5.69. The Balaban J connectivity index is 0. The number of likely N-dealkylation sites (N-methyl/N-ethyl adjacent to an activating group) is 1. The van der Waals surface area contributed by atoms with E-state index in [-0.39, 0.29) is 11.6 Å². The fourth-order valence-corrected chi connectivity index (χ4v) is 3.80. The summed E-state index contributed by atoms with van der Waals surface area (Å²) in [7, 11) is 7.48. The first-order chi connectivity index (χ1) is 14.7. The molecule has 0 aliphatic carbocycles. The van der Waals surface area contributed by atoms with Gasteiger partial charge < -0.3 is 14.6 Å². The lowest BCUT2D eigenvalue weighted by atomic mass is 10.00. The SMILES string of the molecule is CCCCCCCCCCCCCC(C)C(=O)O.COCC(CC(C)C)(OC)N(C)C. The van der Waals surface area contributed by atoms with Crippen molar-refractivity contribution in [2.24, 2.45) is 11.8 Å². The minimum atomic E-state index is -0.651. The molecule has 2 unspecified atom stereocenters. The highest BCUT2D eigenvalue weighted by Gasteiger charge is 2.33. The number of hydrogen-bond donors (Lipinski definition) is 1. The van der Waals surface area contributed by atoms with Crippen molar-refractivity contribution in [3.8, 4) is 0 Å². The van der Waals surface area contributed by atoms with E-state index in [9.17, 15) is 4.79 Å². The normalized spacial score (nSPS) is 14.3. The molecule has 0 saturated carbocycles. The number of rotatable bonds is 19. The molecule has 0 heterocycles. The van der Waals surface area contributed by atoms with E-state index in [4.69, 9.17) is 14.6 Å². The van der Waals surface area contributed by atoms with Crippen molar-refractivity contribution in [2.45, 2.75) is 117 Å². The summed E-state index contributed by atoms with van der Waals surface area (Å²) in [5.41, 5.74) is -0.275. The third-order valence-electron chi connectivity index (χ3n) is 5.95. The largest absolute Gasteiger partial charge is 0.481 e. The van der Waals surface area contributed by atoms with E-state index in [1.165, 1.54) is 64.2 Å². The van der Waals surface area contributed by atoms with Gasteiger partial charge in [0.05, 0.1) is 12.5 Å². The molecule has 0 bridgehead atoms. The highest BCUT2D eigenvalue weighted by atomic mass is 16.5. The van der Waals surface area contributed by atoms with Crippen LogP contribution in [0.1, 0.15) is 111 Å². The lowest BCUT2D eigenvalue weighted by Gasteiger charge is -2.39. The second-order valence-electron chi connectivity index (χ2n) is 9.64. The van der Waals surface area contributed by atoms with E-state index in [1.807, 2.05) is 14.1 Å². The average Bonchev–Trinajstić information content (AvgIpc) is 2.71. The zero-order chi connectivity index (χ0) is 24.1. The maximum atomic E-state index is 10.6. The molecular formula is C26H55NO4. The van der Waals surface area contributed by atoms with Crippen molar-refractivity contribution in [2.75, 3.05) is 34.9 Å². The van der Waals surface area contributed by atoms with E-state index in [0.29, 0.717) is 12.5 Å². The van der Waals surface area contributed by atoms with Crippen LogP contribution in [-0.2, 0) is 14.3 Å². The maximum absolute atomic E-state index is 10.6. The number of unbranched alkanes of at least 4 members (excludes halogenated alkanes) is 10. The molecule has 0 amide bonds. The molecule has 2 atom stereocenters. The molecule has 0 aromatic carbocycles. The van der Waals surface area contributed by atoms with Crippen molar-refractivity contribution in [3.05, 3.63) is 0 Å². The number of carbonyl (C=O) groups is 1. The zero-order valence-electron chi connectivity index (χ0n) is 22.2. The Bertz CT molecular complexity index is 401. The lowest BCUT2D eigenvalue weighted by Crippen LogP contribution is -2.50. The van der Waals surface area contributed by atoms with Gasteiger partial charge in [-0.3, -0.25) is 9.69 Å². The molecule has 0 aromatic rings. The average molecular weight is 446 g/mol. The van der Waals surface area contributed by atoms with Crippen LogP contribution in [0, 0.1) is 11.8 Å². The molecule has 5 nitrogen and oxygen atoms in total.